The lowest BCUT2D eigenvalue weighted by atomic mass is 10.4. The maximum absolute atomic E-state index is 11.6. The van der Waals surface area contributed by atoms with Crippen molar-refractivity contribution in [3.05, 3.63) is 15.4 Å². The molecular formula is C10H12Br2N4O. The Balaban J connectivity index is 1.79. The van der Waals surface area contributed by atoms with Crippen molar-refractivity contribution in [3.8, 4) is 0 Å². The van der Waals surface area contributed by atoms with Crippen LogP contribution >= 0.6 is 31.9 Å². The summed E-state index contributed by atoms with van der Waals surface area (Å²) in [7, 11) is 0. The van der Waals surface area contributed by atoms with E-state index in [1.54, 1.807) is 6.20 Å². The first-order valence-corrected chi connectivity index (χ1v) is 6.95. The maximum Gasteiger partial charge on any atom is 0.226 e. The van der Waals surface area contributed by atoms with E-state index in [0.717, 1.165) is 0 Å². The van der Waals surface area contributed by atoms with E-state index in [0.29, 0.717) is 34.0 Å². The minimum atomic E-state index is -0.0597. The molecule has 1 aliphatic carbocycles. The molecule has 1 aromatic heterocycles. The molecule has 1 amide bonds. The number of nitrogens with zero attached hydrogens (tertiary/aromatic N) is 2. The highest BCUT2D eigenvalue weighted by atomic mass is 79.9. The van der Waals surface area contributed by atoms with E-state index >= 15 is 0 Å². The van der Waals surface area contributed by atoms with Gasteiger partial charge in [0.25, 0.3) is 0 Å². The quantitative estimate of drug-likeness (QED) is 0.840. The predicted octanol–water partition coefficient (Wildman–Crippen LogP) is 2.08. The van der Waals surface area contributed by atoms with E-state index in [4.69, 9.17) is 0 Å². The van der Waals surface area contributed by atoms with Gasteiger partial charge in [-0.05, 0) is 44.7 Å². The fourth-order valence-corrected chi connectivity index (χ4v) is 2.21. The third kappa shape index (κ3) is 4.33. The number of aromatic nitrogens is 2. The van der Waals surface area contributed by atoms with Crippen LogP contribution in [0.1, 0.15) is 19.3 Å². The van der Waals surface area contributed by atoms with E-state index in [1.807, 2.05) is 0 Å². The fraction of sp³-hybridized carbons (Fsp3) is 0.500. The first-order valence-electron chi connectivity index (χ1n) is 5.36. The summed E-state index contributed by atoms with van der Waals surface area (Å²) in [5.74, 6) is 0.389. The van der Waals surface area contributed by atoms with Crippen molar-refractivity contribution in [2.75, 3.05) is 11.9 Å². The van der Waals surface area contributed by atoms with Gasteiger partial charge in [-0.1, -0.05) is 0 Å². The molecule has 17 heavy (non-hydrogen) atoms. The average Bonchev–Trinajstić information content (AvgIpc) is 3.06. The molecule has 0 aliphatic heterocycles. The molecule has 1 aromatic rings. The molecule has 0 saturated heterocycles. The molecule has 0 bridgehead atoms. The summed E-state index contributed by atoms with van der Waals surface area (Å²) in [6.07, 6.45) is 4.44. The second-order valence-corrected chi connectivity index (χ2v) is 5.42. The third-order valence-corrected chi connectivity index (χ3v) is 3.26. The Morgan fingerprint density at radius 2 is 2.24 bits per heavy atom. The zero-order valence-electron chi connectivity index (χ0n) is 9.04. The summed E-state index contributed by atoms with van der Waals surface area (Å²) in [5.41, 5.74) is 0. The third-order valence-electron chi connectivity index (χ3n) is 2.32. The van der Waals surface area contributed by atoms with Crippen molar-refractivity contribution in [1.82, 2.24) is 15.3 Å². The lowest BCUT2D eigenvalue weighted by Gasteiger charge is -2.06. The standard InChI is InChI=1S/C10H12Br2N4O/c11-7-5-14-10(9(12)15-7)16-8(17)3-4-13-6-1-2-6/h5-6,13H,1-4H2,(H,14,16,17). The van der Waals surface area contributed by atoms with Gasteiger partial charge >= 0.3 is 0 Å². The minimum Gasteiger partial charge on any atom is -0.313 e. The topological polar surface area (TPSA) is 66.9 Å². The molecule has 0 aromatic carbocycles. The molecule has 1 aliphatic rings. The monoisotopic (exact) mass is 362 g/mol. The van der Waals surface area contributed by atoms with E-state index < -0.39 is 0 Å². The number of carbonyl (C=O) groups excluding carboxylic acids is 1. The largest absolute Gasteiger partial charge is 0.313 e. The van der Waals surface area contributed by atoms with Crippen LogP contribution in [0.3, 0.4) is 0 Å². The van der Waals surface area contributed by atoms with E-state index in [1.165, 1.54) is 12.8 Å². The molecule has 1 fully saturated rings. The number of hydrogen-bond donors (Lipinski definition) is 2. The van der Waals surface area contributed by atoms with Gasteiger partial charge < -0.3 is 10.6 Å². The molecule has 1 saturated carbocycles. The summed E-state index contributed by atoms with van der Waals surface area (Å²) in [5, 5.41) is 5.99. The van der Waals surface area contributed by atoms with Crippen LogP contribution in [0.15, 0.2) is 15.4 Å². The lowest BCUT2D eigenvalue weighted by Crippen LogP contribution is -2.23. The average molecular weight is 364 g/mol. The Hall–Kier alpha value is -0.530. The Labute approximate surface area is 116 Å². The van der Waals surface area contributed by atoms with Gasteiger partial charge in [0.2, 0.25) is 5.91 Å². The zero-order chi connectivity index (χ0) is 12.3. The van der Waals surface area contributed by atoms with Crippen molar-refractivity contribution in [1.29, 1.82) is 0 Å². The van der Waals surface area contributed by atoms with E-state index in [9.17, 15) is 4.79 Å². The molecule has 0 radical (unpaired) electrons. The van der Waals surface area contributed by atoms with Crippen molar-refractivity contribution in [2.24, 2.45) is 0 Å². The van der Waals surface area contributed by atoms with Crippen LogP contribution in [0, 0.1) is 0 Å². The molecule has 1 heterocycles. The zero-order valence-corrected chi connectivity index (χ0v) is 12.2. The van der Waals surface area contributed by atoms with Gasteiger partial charge in [0.1, 0.15) is 9.21 Å². The van der Waals surface area contributed by atoms with Gasteiger partial charge in [0, 0.05) is 19.0 Å². The van der Waals surface area contributed by atoms with Crippen molar-refractivity contribution in [2.45, 2.75) is 25.3 Å². The number of carbonyl (C=O) groups is 1. The summed E-state index contributed by atoms with van der Waals surface area (Å²) in [6.45, 7) is 0.706. The van der Waals surface area contributed by atoms with Gasteiger partial charge in [0.15, 0.2) is 5.82 Å². The molecule has 7 heteroatoms. The van der Waals surface area contributed by atoms with Gasteiger partial charge in [-0.25, -0.2) is 9.97 Å². The van der Waals surface area contributed by atoms with Gasteiger partial charge in [-0.3, -0.25) is 4.79 Å². The Kier molecular flexibility index (Phi) is 4.47. The number of rotatable bonds is 5. The van der Waals surface area contributed by atoms with Crippen LogP contribution in [-0.2, 0) is 4.79 Å². The molecule has 0 unspecified atom stereocenters. The number of hydrogen-bond acceptors (Lipinski definition) is 4. The fourth-order valence-electron chi connectivity index (χ4n) is 1.30. The van der Waals surface area contributed by atoms with Crippen LogP contribution in [0.4, 0.5) is 5.82 Å². The highest BCUT2D eigenvalue weighted by Crippen LogP contribution is 2.20. The molecule has 2 N–H and O–H groups in total. The Morgan fingerprint density at radius 3 is 2.88 bits per heavy atom. The van der Waals surface area contributed by atoms with Crippen LogP contribution in [0.5, 0.6) is 0 Å². The molecule has 5 nitrogen and oxygen atoms in total. The van der Waals surface area contributed by atoms with Crippen LogP contribution in [0.25, 0.3) is 0 Å². The van der Waals surface area contributed by atoms with E-state index in [2.05, 4.69) is 52.5 Å². The summed E-state index contributed by atoms with van der Waals surface area (Å²) < 4.78 is 1.15. The molecule has 92 valence electrons. The lowest BCUT2D eigenvalue weighted by molar-refractivity contribution is -0.116. The summed E-state index contributed by atoms with van der Waals surface area (Å²) in [6, 6.07) is 0.627. The van der Waals surface area contributed by atoms with Gasteiger partial charge in [-0.15, -0.1) is 0 Å². The minimum absolute atomic E-state index is 0.0597. The van der Waals surface area contributed by atoms with Crippen LogP contribution < -0.4 is 10.6 Å². The highest BCUT2D eigenvalue weighted by Gasteiger charge is 2.20. The van der Waals surface area contributed by atoms with Gasteiger partial charge in [0.05, 0.1) is 6.20 Å². The second-order valence-electron chi connectivity index (χ2n) is 3.86. The molecular weight excluding hydrogens is 352 g/mol. The predicted molar refractivity (Wildman–Crippen MR) is 71.7 cm³/mol. The smallest absolute Gasteiger partial charge is 0.226 e. The highest BCUT2D eigenvalue weighted by molar-refractivity contribution is 9.11. The Morgan fingerprint density at radius 1 is 1.47 bits per heavy atom. The first kappa shape index (κ1) is 12.9. The first-order chi connectivity index (χ1) is 8.15. The molecule has 0 atom stereocenters. The Bertz CT molecular complexity index is 423. The van der Waals surface area contributed by atoms with Crippen molar-refractivity contribution in [3.63, 3.8) is 0 Å². The van der Waals surface area contributed by atoms with Crippen molar-refractivity contribution < 1.29 is 4.79 Å². The number of nitrogens with one attached hydrogen (secondary N) is 2. The maximum atomic E-state index is 11.6. The second kappa shape index (κ2) is 5.88. The van der Waals surface area contributed by atoms with E-state index in [-0.39, 0.29) is 5.91 Å². The van der Waals surface area contributed by atoms with Crippen LogP contribution in [0.2, 0.25) is 0 Å². The number of amides is 1. The summed E-state index contributed by atoms with van der Waals surface area (Å²) >= 11 is 6.44. The molecule has 2 rings (SSSR count). The SMILES string of the molecule is O=C(CCNC1CC1)Nc1ncc(Br)nc1Br. The summed E-state index contributed by atoms with van der Waals surface area (Å²) in [4.78, 5) is 19.8. The normalized spacial score (nSPS) is 14.7. The molecule has 0 spiro atoms. The van der Waals surface area contributed by atoms with Gasteiger partial charge in [-0.2, -0.15) is 0 Å². The van der Waals surface area contributed by atoms with Crippen LogP contribution in [-0.4, -0.2) is 28.5 Å². The number of anilines is 1. The number of halogens is 2. The van der Waals surface area contributed by atoms with Crippen molar-refractivity contribution >= 4 is 43.6 Å².